The third-order valence-corrected chi connectivity index (χ3v) is 2.70. The molecule has 106 valence electrons. The highest BCUT2D eigenvalue weighted by Gasteiger charge is 2.25. The van der Waals surface area contributed by atoms with Gasteiger partial charge in [-0.3, -0.25) is 4.79 Å². The highest BCUT2D eigenvalue weighted by atomic mass is 35.5. The molecule has 0 aliphatic heterocycles. The minimum Gasteiger partial charge on any atom is -0.444 e. The number of rotatable bonds is 5. The summed E-state index contributed by atoms with van der Waals surface area (Å²) in [5.74, 6) is 0.113. The van der Waals surface area contributed by atoms with E-state index in [0.717, 1.165) is 0 Å². The van der Waals surface area contributed by atoms with Crippen LogP contribution >= 0.6 is 11.6 Å². The zero-order chi connectivity index (χ0) is 14.4. The van der Waals surface area contributed by atoms with Gasteiger partial charge in [0.25, 0.3) is 0 Å². The highest BCUT2D eigenvalue weighted by molar-refractivity contribution is 6.19. The van der Waals surface area contributed by atoms with E-state index in [-0.39, 0.29) is 11.8 Å². The van der Waals surface area contributed by atoms with E-state index in [4.69, 9.17) is 16.3 Å². The number of hydrogen-bond donors (Lipinski definition) is 2. The van der Waals surface area contributed by atoms with E-state index in [1.165, 1.54) is 0 Å². The molecule has 0 aromatic heterocycles. The Morgan fingerprint density at radius 1 is 1.06 bits per heavy atom. The van der Waals surface area contributed by atoms with Gasteiger partial charge < -0.3 is 15.4 Å². The fourth-order valence-corrected chi connectivity index (χ4v) is 1.08. The summed E-state index contributed by atoms with van der Waals surface area (Å²) < 4.78 is 5.05. The first-order valence-corrected chi connectivity index (χ1v) is 6.43. The Morgan fingerprint density at radius 2 is 1.56 bits per heavy atom. The molecule has 6 heteroatoms. The average molecular weight is 279 g/mol. The topological polar surface area (TPSA) is 67.4 Å². The number of carbonyl (C=O) groups is 2. The molecule has 0 saturated heterocycles. The quantitative estimate of drug-likeness (QED) is 0.596. The Labute approximate surface area is 114 Å². The number of alkyl carbamates (subject to hydrolysis) is 1. The van der Waals surface area contributed by atoms with Crippen molar-refractivity contribution < 1.29 is 14.3 Å². The molecular formula is C12H23ClN2O3. The average Bonchev–Trinajstić information content (AvgIpc) is 2.21. The molecule has 0 spiro atoms. The predicted molar refractivity (Wildman–Crippen MR) is 71.7 cm³/mol. The molecule has 0 atom stereocenters. The molecule has 5 nitrogen and oxygen atoms in total. The van der Waals surface area contributed by atoms with E-state index < -0.39 is 17.1 Å². The summed E-state index contributed by atoms with van der Waals surface area (Å²) in [5.41, 5.74) is -1.12. The zero-order valence-corrected chi connectivity index (χ0v) is 12.5. The number of halogens is 1. The maximum Gasteiger partial charge on any atom is 0.407 e. The number of alkyl halides is 1. The first-order valence-electron chi connectivity index (χ1n) is 5.89. The molecule has 0 fully saturated rings. The van der Waals surface area contributed by atoms with Crippen LogP contribution in [0.15, 0.2) is 0 Å². The van der Waals surface area contributed by atoms with Gasteiger partial charge in [0.15, 0.2) is 0 Å². The van der Waals surface area contributed by atoms with Crippen molar-refractivity contribution >= 4 is 23.6 Å². The van der Waals surface area contributed by atoms with E-state index in [1.54, 1.807) is 34.6 Å². The Hall–Kier alpha value is -0.970. The lowest BCUT2D eigenvalue weighted by Crippen LogP contribution is -2.42. The first kappa shape index (κ1) is 17.0. The van der Waals surface area contributed by atoms with Gasteiger partial charge in [-0.1, -0.05) is 0 Å². The van der Waals surface area contributed by atoms with Crippen molar-refractivity contribution in [1.82, 2.24) is 10.6 Å². The second-order valence-corrected chi connectivity index (χ2v) is 5.97. The Balaban J connectivity index is 3.82. The van der Waals surface area contributed by atoms with Gasteiger partial charge in [0.2, 0.25) is 5.91 Å². The van der Waals surface area contributed by atoms with Crippen LogP contribution in [0.4, 0.5) is 4.79 Å². The minimum atomic E-state index is -0.604. The van der Waals surface area contributed by atoms with E-state index >= 15 is 0 Å². The normalized spacial score (nSPS) is 11.9. The molecule has 0 rings (SSSR count). The summed E-state index contributed by atoms with van der Waals surface area (Å²) in [4.78, 5) is 22.9. The second-order valence-electron chi connectivity index (χ2n) is 5.70. The van der Waals surface area contributed by atoms with E-state index in [1.807, 2.05) is 0 Å². The van der Waals surface area contributed by atoms with Gasteiger partial charge >= 0.3 is 6.09 Å². The van der Waals surface area contributed by atoms with E-state index in [9.17, 15) is 9.59 Å². The number of carbonyl (C=O) groups excluding carboxylic acids is 2. The van der Waals surface area contributed by atoms with Crippen LogP contribution < -0.4 is 10.6 Å². The van der Waals surface area contributed by atoms with Crippen molar-refractivity contribution in [3.63, 3.8) is 0 Å². The molecule has 0 saturated carbocycles. The lowest BCUT2D eigenvalue weighted by molar-refractivity contribution is -0.128. The van der Waals surface area contributed by atoms with Crippen LogP contribution in [0.25, 0.3) is 0 Å². The highest BCUT2D eigenvalue weighted by Crippen LogP contribution is 2.16. The van der Waals surface area contributed by atoms with Gasteiger partial charge in [0.05, 0.1) is 5.41 Å². The van der Waals surface area contributed by atoms with Crippen molar-refractivity contribution in [3.8, 4) is 0 Å². The van der Waals surface area contributed by atoms with Gasteiger partial charge in [0.1, 0.15) is 5.60 Å². The molecular weight excluding hydrogens is 256 g/mol. The lowest BCUT2D eigenvalue weighted by atomic mass is 9.95. The summed E-state index contributed by atoms with van der Waals surface area (Å²) in [5, 5.41) is 5.25. The monoisotopic (exact) mass is 278 g/mol. The van der Waals surface area contributed by atoms with Crippen LogP contribution in [0, 0.1) is 5.41 Å². The zero-order valence-electron chi connectivity index (χ0n) is 11.7. The molecule has 0 aliphatic rings. The Morgan fingerprint density at radius 3 is 2.00 bits per heavy atom. The molecule has 2 N–H and O–H groups in total. The van der Waals surface area contributed by atoms with Crippen LogP contribution in [-0.4, -0.2) is 36.6 Å². The molecule has 2 amide bonds. The number of ether oxygens (including phenoxy) is 1. The predicted octanol–water partition coefficient (Wildman–Crippen LogP) is 1.89. The maximum atomic E-state index is 11.6. The van der Waals surface area contributed by atoms with Gasteiger partial charge in [-0.25, -0.2) is 4.79 Å². The molecule has 0 heterocycles. The number of nitrogens with one attached hydrogen (secondary N) is 2. The van der Waals surface area contributed by atoms with Crippen molar-refractivity contribution in [2.24, 2.45) is 5.41 Å². The smallest absolute Gasteiger partial charge is 0.407 e. The number of hydrogen-bond acceptors (Lipinski definition) is 3. The van der Waals surface area contributed by atoms with Crippen LogP contribution in [0.5, 0.6) is 0 Å². The Bertz CT molecular complexity index is 298. The van der Waals surface area contributed by atoms with Crippen LogP contribution in [-0.2, 0) is 9.53 Å². The second kappa shape index (κ2) is 6.83. The van der Waals surface area contributed by atoms with Crippen LogP contribution in [0.2, 0.25) is 0 Å². The van der Waals surface area contributed by atoms with Crippen molar-refractivity contribution in [3.05, 3.63) is 0 Å². The van der Waals surface area contributed by atoms with Crippen molar-refractivity contribution in [2.45, 2.75) is 40.2 Å². The lowest BCUT2D eigenvalue weighted by Gasteiger charge is -2.21. The summed E-state index contributed by atoms with van der Waals surface area (Å²) in [6.07, 6.45) is -0.492. The third-order valence-electron chi connectivity index (χ3n) is 2.03. The van der Waals surface area contributed by atoms with Gasteiger partial charge in [-0.2, -0.15) is 0 Å². The molecule has 0 aromatic rings. The minimum absolute atomic E-state index is 0.136. The molecule has 0 aliphatic carbocycles. The van der Waals surface area contributed by atoms with Crippen LogP contribution in [0.1, 0.15) is 34.6 Å². The fraction of sp³-hybridized carbons (Fsp3) is 0.833. The van der Waals surface area contributed by atoms with E-state index in [0.29, 0.717) is 13.1 Å². The van der Waals surface area contributed by atoms with Crippen molar-refractivity contribution in [1.29, 1.82) is 0 Å². The van der Waals surface area contributed by atoms with Gasteiger partial charge in [0, 0.05) is 19.0 Å². The first-order chi connectivity index (χ1) is 8.08. The summed E-state index contributed by atoms with van der Waals surface area (Å²) in [6.45, 7) is 9.55. The summed E-state index contributed by atoms with van der Waals surface area (Å²) in [6, 6.07) is 0. The maximum absolute atomic E-state index is 11.6. The Kier molecular flexibility index (Phi) is 6.46. The molecule has 0 unspecified atom stereocenters. The van der Waals surface area contributed by atoms with Gasteiger partial charge in [-0.05, 0) is 34.6 Å². The summed E-state index contributed by atoms with van der Waals surface area (Å²) in [7, 11) is 0. The number of amides is 2. The SMILES string of the molecule is CC(C)(C)OC(=O)NCCNC(=O)C(C)(C)CCl. The van der Waals surface area contributed by atoms with Gasteiger partial charge in [-0.15, -0.1) is 11.6 Å². The molecule has 18 heavy (non-hydrogen) atoms. The molecule has 0 aromatic carbocycles. The standard InChI is InChI=1S/C12H23ClN2O3/c1-11(2,3)18-10(17)15-7-6-14-9(16)12(4,5)8-13/h6-8H2,1-5H3,(H,14,16)(H,15,17). The molecule has 0 bridgehead atoms. The molecule has 0 radical (unpaired) electrons. The van der Waals surface area contributed by atoms with Crippen molar-refractivity contribution in [2.75, 3.05) is 19.0 Å². The summed E-state index contributed by atoms with van der Waals surface area (Å²) >= 11 is 5.67. The van der Waals surface area contributed by atoms with E-state index in [2.05, 4.69) is 10.6 Å². The third kappa shape index (κ3) is 7.37. The largest absolute Gasteiger partial charge is 0.444 e. The van der Waals surface area contributed by atoms with Crippen LogP contribution in [0.3, 0.4) is 0 Å². The fourth-order valence-electron chi connectivity index (χ4n) is 0.955.